The van der Waals surface area contributed by atoms with E-state index in [0.717, 1.165) is 204 Å². The number of non-ortho nitro benzene ring substituents is 2. The summed E-state index contributed by atoms with van der Waals surface area (Å²) in [6, 6.07) is 22.9. The van der Waals surface area contributed by atoms with Gasteiger partial charge in [-0.3, -0.25) is 34.0 Å². The number of nitrogen functional groups attached to an aromatic ring is 1. The molecule has 7 fully saturated rings. The van der Waals surface area contributed by atoms with Crippen LogP contribution in [0.4, 0.5) is 40.3 Å². The average molecular weight is 1830 g/mol. The molecule has 0 bridgehead atoms. The molecule has 41 heteroatoms. The summed E-state index contributed by atoms with van der Waals surface area (Å²) in [5.41, 5.74) is 7.14. The zero-order valence-electron chi connectivity index (χ0n) is 74.2. The van der Waals surface area contributed by atoms with Gasteiger partial charge in [-0.25, -0.2) is 23.4 Å². The van der Waals surface area contributed by atoms with Gasteiger partial charge in [0.2, 0.25) is 32.1 Å². The van der Waals surface area contributed by atoms with E-state index in [1.807, 2.05) is 59.3 Å². The van der Waals surface area contributed by atoms with Crippen molar-refractivity contribution >= 4 is 93.6 Å². The molecule has 7 aliphatic rings. The number of benzene rings is 4. The van der Waals surface area contributed by atoms with E-state index in [2.05, 4.69) is 99.3 Å². The first kappa shape index (κ1) is 104. The van der Waals surface area contributed by atoms with E-state index in [1.165, 1.54) is 51.3 Å². The van der Waals surface area contributed by atoms with E-state index in [0.29, 0.717) is 102 Å². The number of carbonyl (C=O) groups excluding carboxylic acids is 2. The van der Waals surface area contributed by atoms with Crippen LogP contribution in [0.3, 0.4) is 0 Å². The van der Waals surface area contributed by atoms with E-state index in [-0.39, 0.29) is 40.0 Å². The molecule has 0 saturated carbocycles. The summed E-state index contributed by atoms with van der Waals surface area (Å²) >= 11 is 5.71. The number of phenols is 1. The Kier molecular flexibility index (Phi) is 45.0. The smallest absolute Gasteiger partial charge is 0.273 e. The van der Waals surface area contributed by atoms with Gasteiger partial charge in [0, 0.05) is 169 Å². The normalized spacial score (nSPS) is 19.2. The SMILES string of the molecule is CC(=O)N1CCC(CNc2ccnc(Cl)n2)CC1.CN1CCC(CO)C1.CN1CCC(COS(C)(=O)=O)C1.COc1ccc(N)cc1OCC1CCN(C)C1.COc1ccc(Nc2nccc(NCC3CCN(C(C)=O)CC3)n2)cc1OCC1CCN(C)C1.COc1ccc([N+](=O)[O-])cc1O.COc1ccc([N+](=O)[O-])cc1OCC1CCN(C)C1.CS(=O)(=O)Cl. The molecule has 125 heavy (non-hydrogen) atoms. The van der Waals surface area contributed by atoms with Crippen molar-refractivity contribution in [3.63, 3.8) is 0 Å². The molecule has 7 aliphatic heterocycles. The van der Waals surface area contributed by atoms with Crippen molar-refractivity contribution in [2.24, 2.45) is 41.4 Å². The summed E-state index contributed by atoms with van der Waals surface area (Å²) in [4.78, 5) is 74.7. The largest absolute Gasteiger partial charge is 0.504 e. The Morgan fingerprint density at radius 3 is 1.22 bits per heavy atom. The maximum atomic E-state index is 11.5. The van der Waals surface area contributed by atoms with Crippen LogP contribution in [-0.4, -0.2) is 317 Å². The minimum atomic E-state index is -3.25. The number of likely N-dealkylation sites (tertiary alicyclic amines) is 7. The molecule has 37 nitrogen and oxygen atoms in total. The molecule has 0 radical (unpaired) electrons. The highest BCUT2D eigenvalue weighted by atomic mass is 35.7. The third kappa shape index (κ3) is 40.8. The second-order valence-corrected chi connectivity index (χ2v) is 37.1. The molecule has 6 aromatic rings. The number of amides is 2. The number of rotatable bonds is 27. The number of hydrogen-bond acceptors (Lipinski definition) is 33. The van der Waals surface area contributed by atoms with Gasteiger partial charge in [0.1, 0.15) is 11.6 Å². The monoisotopic (exact) mass is 1830 g/mol. The lowest BCUT2D eigenvalue weighted by atomic mass is 9.97. The number of hydrogen-bond donors (Lipinski definition) is 6. The number of aliphatic hydroxyl groups is 1. The summed E-state index contributed by atoms with van der Waals surface area (Å²) in [6.07, 6.45) is 15.1. The number of carbonyl (C=O) groups is 2. The highest BCUT2D eigenvalue weighted by Crippen LogP contribution is 2.36. The number of aliphatic hydroxyl groups excluding tert-OH is 1. The fraction of sp³-hybridized carbons (Fsp3) is 0.595. The van der Waals surface area contributed by atoms with Crippen LogP contribution in [0.2, 0.25) is 5.28 Å². The number of phenolic OH excluding ortho intramolecular Hbond substituents is 1. The Morgan fingerprint density at radius 1 is 0.496 bits per heavy atom. The molecule has 2 aromatic heterocycles. The fourth-order valence-corrected chi connectivity index (χ4v) is 15.1. The van der Waals surface area contributed by atoms with E-state index in [9.17, 15) is 46.7 Å². The number of nitro benzene ring substituents is 2. The number of nitrogens with one attached hydrogen (secondary N) is 3. The Balaban J connectivity index is 0.000000233. The summed E-state index contributed by atoms with van der Waals surface area (Å²) in [5, 5.41) is 49.0. The molecule has 2 amide bonds. The molecular weight excluding hydrogens is 1700 g/mol. The van der Waals surface area contributed by atoms with Gasteiger partial charge in [-0.15, -0.1) is 0 Å². The molecule has 0 spiro atoms. The van der Waals surface area contributed by atoms with Crippen LogP contribution in [0.25, 0.3) is 0 Å². The van der Waals surface area contributed by atoms with Crippen molar-refractivity contribution in [2.45, 2.75) is 71.6 Å². The quantitative estimate of drug-likeness (QED) is 0.00697. The van der Waals surface area contributed by atoms with Crippen molar-refractivity contribution in [1.29, 1.82) is 0 Å². The van der Waals surface area contributed by atoms with Crippen LogP contribution >= 0.6 is 22.3 Å². The van der Waals surface area contributed by atoms with E-state index in [1.54, 1.807) is 52.6 Å². The molecule has 13 rings (SSSR count). The van der Waals surface area contributed by atoms with Gasteiger partial charge in [0.05, 0.1) is 89.4 Å². The van der Waals surface area contributed by atoms with Gasteiger partial charge in [-0.2, -0.15) is 13.4 Å². The first-order valence-electron chi connectivity index (χ1n) is 41.6. The third-order valence-electron chi connectivity index (χ3n) is 21.5. The summed E-state index contributed by atoms with van der Waals surface area (Å²) in [6.45, 7) is 21.7. The number of nitrogens with two attached hydrogens (primary N) is 1. The van der Waals surface area contributed by atoms with Crippen molar-refractivity contribution < 1.29 is 83.8 Å². The van der Waals surface area contributed by atoms with E-state index >= 15 is 0 Å². The maximum absolute atomic E-state index is 11.5. The average Bonchev–Trinajstić information content (AvgIpc) is 1.06. The topological polar surface area (TPSA) is 439 Å². The van der Waals surface area contributed by atoms with Crippen LogP contribution in [0.15, 0.2) is 97.3 Å². The molecular formula is C84H129Cl2N17O20S2. The minimum Gasteiger partial charge on any atom is -0.504 e. The highest BCUT2D eigenvalue weighted by Gasteiger charge is 2.28. The zero-order chi connectivity index (χ0) is 91.8. The van der Waals surface area contributed by atoms with Crippen LogP contribution < -0.4 is 54.8 Å². The Bertz CT molecular complexity index is 4520. The Morgan fingerprint density at radius 2 is 0.856 bits per heavy atom. The maximum Gasteiger partial charge on any atom is 0.273 e. The number of aromatic nitrogens is 4. The van der Waals surface area contributed by atoms with Crippen molar-refractivity contribution in [3.05, 3.63) is 123 Å². The molecule has 7 N–H and O–H groups in total. The molecule has 7 saturated heterocycles. The van der Waals surface area contributed by atoms with Gasteiger partial charge in [0.25, 0.3) is 21.5 Å². The molecule has 696 valence electrons. The number of nitro groups is 2. The van der Waals surface area contributed by atoms with Crippen LogP contribution in [0.5, 0.6) is 46.0 Å². The number of methoxy groups -OCH3 is 4. The number of anilines is 5. The predicted octanol–water partition coefficient (Wildman–Crippen LogP) is 9.91. The van der Waals surface area contributed by atoms with E-state index in [4.69, 9.17) is 64.9 Å². The second kappa shape index (κ2) is 53.9. The third-order valence-corrected chi connectivity index (χ3v) is 22.3. The van der Waals surface area contributed by atoms with Crippen molar-refractivity contribution in [3.8, 4) is 46.0 Å². The molecule has 9 heterocycles. The fourth-order valence-electron chi connectivity index (χ4n) is 14.5. The summed E-state index contributed by atoms with van der Waals surface area (Å²) < 4.78 is 83.0. The standard InChI is InChI=1S/C25H36N6O3.C13H18N2O4.C13H20N2O2.C12H17ClN4O.C7H7NO4.C7H15NO3S.C6H13NO.CH3ClO2S/c1-18(32)31-12-8-19(9-13-31)15-27-24-6-10-26-25(29-24)28-21-4-5-22(33-3)23(14-21)34-17-20-7-11-30(2)16-20;1-14-6-5-10(8-14)9-19-13-7-11(15(16)17)3-4-12(13)18-2;1-15-6-5-10(8-15)9-17-13-7-11(14)3-4-12(13)16-2;1-9(18)17-6-3-10(4-7-17)8-15-11-2-5-14-12(13)16-11;1-12-7-3-2-5(8(10)11)4-6(7)9;1-8-4-3-7(5-8)6-11-12(2,9)10;1-7-3-2-6(4-7)5-8;1-5(2,3)4/h4-6,10,14,19-20H,7-9,11-13,15-17H2,1-3H3,(H2,26,27,28,29);3-4,7,10H,5-6,8-9H2,1-2H3;3-4,7,10H,5-6,8-9,14H2,1-2H3;2,5,10H,3-4,6-8H2,1H3,(H,14,15,16);2-4,9H,1H3;7H,3-6H2,1-2H3;6,8H,2-5H2,1H3;1H3. The summed E-state index contributed by atoms with van der Waals surface area (Å²) in [7, 11) is 14.7. The second-order valence-electron chi connectivity index (χ2n) is 32.1. The molecule has 4 aromatic carbocycles. The Hall–Kier alpha value is -9.42. The predicted molar refractivity (Wildman–Crippen MR) is 484 cm³/mol. The summed E-state index contributed by atoms with van der Waals surface area (Å²) in [5.74, 6) is 9.89. The van der Waals surface area contributed by atoms with Gasteiger partial charge < -0.3 is 99.4 Å². The number of piperidine rings is 2. The van der Waals surface area contributed by atoms with Crippen molar-refractivity contribution in [2.75, 3.05) is 236 Å². The minimum absolute atomic E-state index is 0.0133. The van der Waals surface area contributed by atoms with Gasteiger partial charge in [0.15, 0.2) is 46.0 Å². The molecule has 0 aliphatic carbocycles. The number of ether oxygens (including phenoxy) is 7. The van der Waals surface area contributed by atoms with Crippen LogP contribution in [-0.2, 0) is 32.9 Å². The van der Waals surface area contributed by atoms with Crippen molar-refractivity contribution in [1.82, 2.24) is 54.2 Å². The van der Waals surface area contributed by atoms with Gasteiger partial charge in [-0.05, 0) is 210 Å². The van der Waals surface area contributed by atoms with E-state index < -0.39 is 29.0 Å². The molecule has 5 unspecified atom stereocenters. The van der Waals surface area contributed by atoms with Crippen LogP contribution in [0, 0.1) is 61.7 Å². The van der Waals surface area contributed by atoms with Gasteiger partial charge >= 0.3 is 0 Å². The lowest BCUT2D eigenvalue weighted by Gasteiger charge is -2.31. The lowest BCUT2D eigenvalue weighted by Crippen LogP contribution is -2.38. The van der Waals surface area contributed by atoms with Crippen LogP contribution in [0.1, 0.15) is 71.6 Å². The highest BCUT2D eigenvalue weighted by molar-refractivity contribution is 8.13. The zero-order valence-corrected chi connectivity index (χ0v) is 77.3. The number of halogens is 2. The number of nitrogens with zero attached hydrogens (tertiary/aromatic N) is 13. The lowest BCUT2D eigenvalue weighted by molar-refractivity contribution is -0.385. The molecule has 5 atom stereocenters. The first-order valence-corrected chi connectivity index (χ1v) is 46.5. The Labute approximate surface area is 745 Å². The van der Waals surface area contributed by atoms with Gasteiger partial charge in [-0.1, -0.05) is 0 Å². The first-order chi connectivity index (χ1) is 59.4. The number of aromatic hydroxyl groups is 1.